The summed E-state index contributed by atoms with van der Waals surface area (Å²) in [4.78, 5) is 30.3. The number of fused-ring (bicyclic) bond motifs is 4. The summed E-state index contributed by atoms with van der Waals surface area (Å²) in [6.45, 7) is 1.97. The van der Waals surface area contributed by atoms with E-state index in [1.165, 1.54) is 0 Å². The molecule has 0 aromatic carbocycles. The number of alkyl halides is 3. The number of pyridine rings is 2. The van der Waals surface area contributed by atoms with E-state index >= 15 is 0 Å². The number of carbonyl (C=O) groups excluding carboxylic acids is 1. The third-order valence-electron chi connectivity index (χ3n) is 5.27. The van der Waals surface area contributed by atoms with Crippen LogP contribution in [0.15, 0.2) is 42.9 Å². The quantitative estimate of drug-likeness (QED) is 0.549. The lowest BCUT2D eigenvalue weighted by Gasteiger charge is -2.13. The van der Waals surface area contributed by atoms with Gasteiger partial charge in [-0.25, -0.2) is 14.5 Å². The van der Waals surface area contributed by atoms with Gasteiger partial charge in [0.05, 0.1) is 30.9 Å². The molecule has 0 radical (unpaired) electrons. The van der Waals surface area contributed by atoms with Gasteiger partial charge in [0.1, 0.15) is 5.69 Å². The van der Waals surface area contributed by atoms with Crippen molar-refractivity contribution in [1.29, 1.82) is 0 Å². The van der Waals surface area contributed by atoms with E-state index in [0.717, 1.165) is 48.3 Å². The molecule has 3 aromatic rings. The lowest BCUT2D eigenvalue weighted by Crippen LogP contribution is -2.21. The molecule has 0 spiro atoms. The van der Waals surface area contributed by atoms with Crippen molar-refractivity contribution < 1.29 is 32.6 Å². The molecule has 1 atom stereocenters. The van der Waals surface area contributed by atoms with Crippen molar-refractivity contribution in [2.45, 2.75) is 38.8 Å². The second kappa shape index (κ2) is 11.0. The number of aryl methyl sites for hydroxylation is 1. The standard InChI is InChI=1S/C21H23N5O2.C2HF3O2/c1-14-5-3-4-6-16-11-15(9-10-22-16)20-18(24-21(14)27)13-26(25-20)17-7-8-19(28-2)23-12-17;3-2(4,5)1(6)7/h7-14H,3-6H2,1-2H3,(H,24,27);(H,6,7). The maximum atomic E-state index is 12.7. The lowest BCUT2D eigenvalue weighted by atomic mass is 10.00. The number of carbonyl (C=O) groups is 2. The first-order valence-corrected chi connectivity index (χ1v) is 10.7. The van der Waals surface area contributed by atoms with Gasteiger partial charge in [0.25, 0.3) is 0 Å². The highest BCUT2D eigenvalue weighted by Gasteiger charge is 2.38. The number of halogens is 3. The van der Waals surface area contributed by atoms with Crippen LogP contribution in [0.2, 0.25) is 0 Å². The fourth-order valence-corrected chi connectivity index (χ4v) is 3.35. The van der Waals surface area contributed by atoms with Crippen molar-refractivity contribution in [3.63, 3.8) is 0 Å². The monoisotopic (exact) mass is 491 g/mol. The summed E-state index contributed by atoms with van der Waals surface area (Å²) in [5, 5.41) is 14.9. The zero-order valence-electron chi connectivity index (χ0n) is 19.0. The minimum Gasteiger partial charge on any atom is -0.481 e. The summed E-state index contributed by atoms with van der Waals surface area (Å²) in [5.41, 5.74) is 4.18. The van der Waals surface area contributed by atoms with Gasteiger partial charge in [0, 0.05) is 29.4 Å². The Morgan fingerprint density at radius 1 is 1.23 bits per heavy atom. The number of hydrogen-bond donors (Lipinski definition) is 2. The number of rotatable bonds is 2. The third kappa shape index (κ3) is 6.78. The molecule has 1 amide bonds. The van der Waals surface area contributed by atoms with Crippen LogP contribution < -0.4 is 10.1 Å². The van der Waals surface area contributed by atoms with Crippen molar-refractivity contribution in [2.75, 3.05) is 12.4 Å². The predicted octanol–water partition coefficient (Wildman–Crippen LogP) is 4.27. The van der Waals surface area contributed by atoms with Crippen LogP contribution in [0.4, 0.5) is 18.9 Å². The van der Waals surface area contributed by atoms with Gasteiger partial charge in [-0.1, -0.05) is 13.3 Å². The SMILES string of the molecule is COc1ccc(-n2cc3c(n2)-c2ccnc(c2)CCCCC(C)C(=O)N3)cn1.O=C(O)C(F)(F)F. The van der Waals surface area contributed by atoms with Crippen LogP contribution in [-0.2, 0) is 16.0 Å². The Labute approximate surface area is 199 Å². The van der Waals surface area contributed by atoms with E-state index in [1.54, 1.807) is 30.3 Å². The van der Waals surface area contributed by atoms with E-state index < -0.39 is 12.1 Å². The number of nitrogens with zero attached hydrogens (tertiary/aromatic N) is 4. The Balaban J connectivity index is 0.000000429. The Kier molecular flexibility index (Phi) is 8.05. The van der Waals surface area contributed by atoms with Gasteiger partial charge in [-0.3, -0.25) is 9.78 Å². The van der Waals surface area contributed by atoms with Gasteiger partial charge in [0.15, 0.2) is 0 Å². The molecule has 9 nitrogen and oxygen atoms in total. The molecule has 186 valence electrons. The van der Waals surface area contributed by atoms with Crippen molar-refractivity contribution in [3.8, 4) is 22.8 Å². The second-order valence-corrected chi connectivity index (χ2v) is 7.87. The second-order valence-electron chi connectivity index (χ2n) is 7.87. The number of amides is 1. The number of hydrogen-bond acceptors (Lipinski definition) is 6. The Hall–Kier alpha value is -3.96. The summed E-state index contributed by atoms with van der Waals surface area (Å²) in [6.07, 6.45) is 4.03. The highest BCUT2D eigenvalue weighted by atomic mass is 19.4. The minimum atomic E-state index is -5.08. The van der Waals surface area contributed by atoms with E-state index in [9.17, 15) is 18.0 Å². The molecule has 0 saturated heterocycles. The number of carboxylic acids is 1. The summed E-state index contributed by atoms with van der Waals surface area (Å²) in [5.74, 6) is -2.25. The van der Waals surface area contributed by atoms with Crippen LogP contribution in [0.3, 0.4) is 0 Å². The van der Waals surface area contributed by atoms with Crippen molar-refractivity contribution in [1.82, 2.24) is 19.7 Å². The van der Waals surface area contributed by atoms with Crippen LogP contribution >= 0.6 is 0 Å². The highest BCUT2D eigenvalue weighted by Crippen LogP contribution is 2.30. The molecule has 2 bridgehead atoms. The number of ether oxygens (including phenoxy) is 1. The molecular formula is C23H24F3N5O4. The first-order valence-electron chi connectivity index (χ1n) is 10.7. The molecule has 3 aromatic heterocycles. The fraction of sp³-hybridized carbons (Fsp3) is 0.348. The van der Waals surface area contributed by atoms with Gasteiger partial charge < -0.3 is 15.2 Å². The van der Waals surface area contributed by atoms with Crippen molar-refractivity contribution in [3.05, 3.63) is 48.5 Å². The van der Waals surface area contributed by atoms with E-state index in [4.69, 9.17) is 19.7 Å². The first kappa shape index (κ1) is 25.7. The van der Waals surface area contributed by atoms with Crippen LogP contribution in [0, 0.1) is 5.92 Å². The van der Waals surface area contributed by atoms with Gasteiger partial charge >= 0.3 is 12.1 Å². The molecule has 1 aliphatic rings. The van der Waals surface area contributed by atoms with Crippen LogP contribution in [0.1, 0.15) is 31.9 Å². The smallest absolute Gasteiger partial charge is 0.481 e. The molecule has 35 heavy (non-hydrogen) atoms. The van der Waals surface area contributed by atoms with Gasteiger partial charge in [-0.2, -0.15) is 18.3 Å². The topological polar surface area (TPSA) is 119 Å². The van der Waals surface area contributed by atoms with E-state index in [2.05, 4.69) is 21.4 Å². The zero-order valence-corrected chi connectivity index (χ0v) is 19.0. The summed E-state index contributed by atoms with van der Waals surface area (Å²) in [6, 6.07) is 7.64. The molecule has 1 aliphatic heterocycles. The maximum Gasteiger partial charge on any atom is 0.490 e. The Morgan fingerprint density at radius 3 is 2.60 bits per heavy atom. The molecular weight excluding hydrogens is 467 g/mol. The van der Waals surface area contributed by atoms with Gasteiger partial charge in [-0.05, 0) is 37.5 Å². The number of aromatic nitrogens is 4. The maximum absolute atomic E-state index is 12.7. The summed E-state index contributed by atoms with van der Waals surface area (Å²) >= 11 is 0. The first-order chi connectivity index (χ1) is 16.6. The zero-order chi connectivity index (χ0) is 25.6. The average molecular weight is 491 g/mol. The predicted molar refractivity (Wildman–Crippen MR) is 120 cm³/mol. The number of aliphatic carboxylic acids is 1. The Bertz CT molecular complexity index is 1180. The van der Waals surface area contributed by atoms with Gasteiger partial charge in [-0.15, -0.1) is 0 Å². The molecule has 0 saturated carbocycles. The van der Waals surface area contributed by atoms with Crippen LogP contribution in [0.5, 0.6) is 5.88 Å². The van der Waals surface area contributed by atoms with Crippen molar-refractivity contribution >= 4 is 17.6 Å². The molecule has 2 N–H and O–H groups in total. The minimum absolute atomic E-state index is 0.0171. The normalized spacial score (nSPS) is 15.9. The molecule has 0 aliphatic carbocycles. The van der Waals surface area contributed by atoms with E-state index in [1.807, 2.05) is 25.3 Å². The average Bonchev–Trinajstić information content (AvgIpc) is 3.25. The lowest BCUT2D eigenvalue weighted by molar-refractivity contribution is -0.192. The fourth-order valence-electron chi connectivity index (χ4n) is 3.35. The number of methoxy groups -OCH3 is 1. The number of anilines is 1. The third-order valence-corrected chi connectivity index (χ3v) is 5.27. The number of carboxylic acid groups (broad SMARTS) is 1. The molecule has 0 fully saturated rings. The molecule has 4 rings (SSSR count). The van der Waals surface area contributed by atoms with Crippen molar-refractivity contribution in [2.24, 2.45) is 5.92 Å². The number of nitrogens with one attached hydrogen (secondary N) is 1. The summed E-state index contributed by atoms with van der Waals surface area (Å²) < 4.78 is 38.6. The molecule has 1 unspecified atom stereocenters. The largest absolute Gasteiger partial charge is 0.490 e. The highest BCUT2D eigenvalue weighted by molar-refractivity contribution is 5.95. The Morgan fingerprint density at radius 2 is 1.97 bits per heavy atom. The van der Waals surface area contributed by atoms with Crippen LogP contribution in [-0.4, -0.2) is 50.0 Å². The summed E-state index contributed by atoms with van der Waals surface area (Å²) in [7, 11) is 1.58. The van der Waals surface area contributed by atoms with Gasteiger partial charge in [0.2, 0.25) is 11.8 Å². The molecule has 4 heterocycles. The van der Waals surface area contributed by atoms with E-state index in [-0.39, 0.29) is 11.8 Å². The van der Waals surface area contributed by atoms with E-state index in [0.29, 0.717) is 11.6 Å². The molecule has 12 heteroatoms. The van der Waals surface area contributed by atoms with Crippen LogP contribution in [0.25, 0.3) is 16.9 Å².